The fourth-order valence-corrected chi connectivity index (χ4v) is 2.18. The van der Waals surface area contributed by atoms with Crippen LogP contribution in [-0.2, 0) is 20.7 Å². The van der Waals surface area contributed by atoms with Gasteiger partial charge in [-0.05, 0) is 24.5 Å². The number of hydrogen-bond acceptors (Lipinski definition) is 4. The van der Waals surface area contributed by atoms with Crippen LogP contribution in [0.4, 0.5) is 5.69 Å². The van der Waals surface area contributed by atoms with Crippen molar-refractivity contribution in [3.8, 4) is 0 Å². The van der Waals surface area contributed by atoms with Crippen molar-refractivity contribution in [2.75, 3.05) is 25.1 Å². The van der Waals surface area contributed by atoms with E-state index in [1.54, 1.807) is 0 Å². The molecule has 0 bridgehead atoms. The Bertz CT molecular complexity index is 490. The molecule has 1 aromatic carbocycles. The van der Waals surface area contributed by atoms with Crippen molar-refractivity contribution in [1.29, 1.82) is 0 Å². The standard InChI is InChI=1S/C14H19N3O3/c15-13(18)9-20-8-7-16-14(19)12-6-5-10-3-1-2-4-11(10)17-12/h1-4,12,17H,5-9H2,(H2,15,18)(H,16,19). The lowest BCUT2D eigenvalue weighted by Gasteiger charge is -2.26. The number of primary amides is 1. The van der Waals surface area contributed by atoms with Crippen molar-refractivity contribution in [2.45, 2.75) is 18.9 Å². The van der Waals surface area contributed by atoms with Crippen LogP contribution in [0.1, 0.15) is 12.0 Å². The maximum atomic E-state index is 12.0. The Balaban J connectivity index is 1.73. The lowest BCUT2D eigenvalue weighted by atomic mass is 9.98. The first-order valence-corrected chi connectivity index (χ1v) is 6.65. The number of rotatable bonds is 6. The molecule has 1 aliphatic rings. The molecule has 1 aliphatic heterocycles. The first-order valence-electron chi connectivity index (χ1n) is 6.65. The van der Waals surface area contributed by atoms with E-state index in [1.807, 2.05) is 18.2 Å². The Morgan fingerprint density at radius 1 is 1.40 bits per heavy atom. The van der Waals surface area contributed by atoms with Crippen molar-refractivity contribution in [3.05, 3.63) is 29.8 Å². The monoisotopic (exact) mass is 277 g/mol. The zero-order valence-corrected chi connectivity index (χ0v) is 11.2. The molecule has 2 amide bonds. The van der Waals surface area contributed by atoms with Crippen molar-refractivity contribution in [3.63, 3.8) is 0 Å². The summed E-state index contributed by atoms with van der Waals surface area (Å²) in [5.74, 6) is -0.566. The number of fused-ring (bicyclic) bond motifs is 1. The van der Waals surface area contributed by atoms with E-state index in [-0.39, 0.29) is 25.2 Å². The maximum Gasteiger partial charge on any atom is 0.243 e. The summed E-state index contributed by atoms with van der Waals surface area (Å²) in [4.78, 5) is 22.4. The van der Waals surface area contributed by atoms with Gasteiger partial charge in [0.1, 0.15) is 12.6 Å². The van der Waals surface area contributed by atoms with Gasteiger partial charge in [-0.3, -0.25) is 9.59 Å². The van der Waals surface area contributed by atoms with E-state index in [1.165, 1.54) is 5.56 Å². The van der Waals surface area contributed by atoms with Crippen LogP contribution in [0.2, 0.25) is 0 Å². The summed E-state index contributed by atoms with van der Waals surface area (Å²) in [6.07, 6.45) is 1.66. The number of para-hydroxylation sites is 1. The SMILES string of the molecule is NC(=O)COCCNC(=O)C1CCc2ccccc2N1. The highest BCUT2D eigenvalue weighted by molar-refractivity contribution is 5.85. The molecular weight excluding hydrogens is 258 g/mol. The third kappa shape index (κ3) is 3.96. The molecule has 2 rings (SSSR count). The van der Waals surface area contributed by atoms with Gasteiger partial charge < -0.3 is 21.1 Å². The Labute approximate surface area is 117 Å². The van der Waals surface area contributed by atoms with E-state index in [0.29, 0.717) is 6.54 Å². The predicted molar refractivity (Wildman–Crippen MR) is 75.2 cm³/mol. The molecule has 1 unspecified atom stereocenters. The van der Waals surface area contributed by atoms with Gasteiger partial charge >= 0.3 is 0 Å². The quantitative estimate of drug-likeness (QED) is 0.640. The van der Waals surface area contributed by atoms with Crippen LogP contribution in [0, 0.1) is 0 Å². The number of benzene rings is 1. The highest BCUT2D eigenvalue weighted by atomic mass is 16.5. The van der Waals surface area contributed by atoms with Crippen LogP contribution in [-0.4, -0.2) is 37.6 Å². The van der Waals surface area contributed by atoms with Gasteiger partial charge in [0.2, 0.25) is 11.8 Å². The second-order valence-corrected chi connectivity index (χ2v) is 4.70. The Hall–Kier alpha value is -2.08. The third-order valence-electron chi connectivity index (χ3n) is 3.16. The molecule has 4 N–H and O–H groups in total. The third-order valence-corrected chi connectivity index (χ3v) is 3.16. The Morgan fingerprint density at radius 2 is 2.20 bits per heavy atom. The molecule has 6 heteroatoms. The van der Waals surface area contributed by atoms with E-state index < -0.39 is 5.91 Å². The van der Waals surface area contributed by atoms with Crippen LogP contribution in [0.25, 0.3) is 0 Å². The second-order valence-electron chi connectivity index (χ2n) is 4.70. The van der Waals surface area contributed by atoms with Gasteiger partial charge in [-0.25, -0.2) is 0 Å². The number of nitrogens with two attached hydrogens (primary N) is 1. The summed E-state index contributed by atoms with van der Waals surface area (Å²) in [6.45, 7) is 0.523. The molecule has 1 aromatic rings. The van der Waals surface area contributed by atoms with Gasteiger partial charge in [0.15, 0.2) is 0 Å². The van der Waals surface area contributed by atoms with Crippen LogP contribution in [0.5, 0.6) is 0 Å². The number of carbonyl (C=O) groups excluding carboxylic acids is 2. The smallest absolute Gasteiger partial charge is 0.243 e. The lowest BCUT2D eigenvalue weighted by molar-refractivity contribution is -0.123. The zero-order valence-electron chi connectivity index (χ0n) is 11.2. The Morgan fingerprint density at radius 3 is 3.00 bits per heavy atom. The second kappa shape index (κ2) is 6.91. The topological polar surface area (TPSA) is 93.5 Å². The summed E-state index contributed by atoms with van der Waals surface area (Å²) in [5.41, 5.74) is 7.19. The fraction of sp³-hybridized carbons (Fsp3) is 0.429. The molecule has 6 nitrogen and oxygen atoms in total. The van der Waals surface area contributed by atoms with Crippen molar-refractivity contribution in [2.24, 2.45) is 5.73 Å². The number of anilines is 1. The summed E-state index contributed by atoms with van der Waals surface area (Å²) in [5, 5.41) is 6.01. The molecule has 0 aromatic heterocycles. The van der Waals surface area contributed by atoms with Gasteiger partial charge in [-0.15, -0.1) is 0 Å². The van der Waals surface area contributed by atoms with Crippen molar-refractivity contribution >= 4 is 17.5 Å². The normalized spacial score (nSPS) is 16.9. The fourth-order valence-electron chi connectivity index (χ4n) is 2.18. The Kier molecular flexibility index (Phi) is 4.95. The summed E-state index contributed by atoms with van der Waals surface area (Å²) < 4.78 is 4.98. The number of hydrogen-bond donors (Lipinski definition) is 3. The van der Waals surface area contributed by atoms with E-state index in [2.05, 4.69) is 16.7 Å². The highest BCUT2D eigenvalue weighted by Gasteiger charge is 2.22. The van der Waals surface area contributed by atoms with Crippen LogP contribution < -0.4 is 16.4 Å². The maximum absolute atomic E-state index is 12.0. The minimum absolute atomic E-state index is 0.0535. The van der Waals surface area contributed by atoms with Gasteiger partial charge in [-0.2, -0.15) is 0 Å². The average Bonchev–Trinajstić information content (AvgIpc) is 2.46. The molecule has 1 atom stereocenters. The largest absolute Gasteiger partial charge is 0.373 e. The average molecular weight is 277 g/mol. The number of aryl methyl sites for hydroxylation is 1. The van der Waals surface area contributed by atoms with Crippen molar-refractivity contribution < 1.29 is 14.3 Å². The number of nitrogens with one attached hydrogen (secondary N) is 2. The molecule has 0 saturated heterocycles. The molecule has 108 valence electrons. The number of carbonyl (C=O) groups is 2. The van der Waals surface area contributed by atoms with Gasteiger partial charge in [-0.1, -0.05) is 18.2 Å². The van der Waals surface area contributed by atoms with Crippen LogP contribution in [0.15, 0.2) is 24.3 Å². The molecular formula is C14H19N3O3. The molecule has 0 saturated carbocycles. The molecule has 20 heavy (non-hydrogen) atoms. The number of ether oxygens (including phenoxy) is 1. The van der Waals surface area contributed by atoms with Gasteiger partial charge in [0.05, 0.1) is 6.61 Å². The zero-order chi connectivity index (χ0) is 14.4. The van der Waals surface area contributed by atoms with Gasteiger partial charge in [0, 0.05) is 12.2 Å². The number of amides is 2. The molecule has 0 spiro atoms. The highest BCUT2D eigenvalue weighted by Crippen LogP contribution is 2.24. The van der Waals surface area contributed by atoms with Crippen molar-refractivity contribution in [1.82, 2.24) is 5.32 Å². The summed E-state index contributed by atoms with van der Waals surface area (Å²) in [7, 11) is 0. The van der Waals surface area contributed by atoms with Gasteiger partial charge in [0.25, 0.3) is 0 Å². The molecule has 0 radical (unpaired) electrons. The molecule has 1 heterocycles. The van der Waals surface area contributed by atoms with E-state index >= 15 is 0 Å². The summed E-state index contributed by atoms with van der Waals surface area (Å²) >= 11 is 0. The van der Waals surface area contributed by atoms with E-state index in [0.717, 1.165) is 18.5 Å². The first kappa shape index (κ1) is 14.3. The minimum atomic E-state index is -0.512. The predicted octanol–water partition coefficient (Wildman–Crippen LogP) is 0.0314. The van der Waals surface area contributed by atoms with Crippen LogP contribution >= 0.6 is 0 Å². The lowest BCUT2D eigenvalue weighted by Crippen LogP contribution is -2.43. The minimum Gasteiger partial charge on any atom is -0.373 e. The van der Waals surface area contributed by atoms with E-state index in [9.17, 15) is 9.59 Å². The van der Waals surface area contributed by atoms with Crippen LogP contribution in [0.3, 0.4) is 0 Å². The summed E-state index contributed by atoms with van der Waals surface area (Å²) in [6, 6.07) is 7.76. The van der Waals surface area contributed by atoms with E-state index in [4.69, 9.17) is 10.5 Å². The first-order chi connectivity index (χ1) is 9.66. The molecule has 0 aliphatic carbocycles. The molecule has 0 fully saturated rings.